The van der Waals surface area contributed by atoms with Crippen molar-refractivity contribution in [1.82, 2.24) is 0 Å². The molecule has 0 fully saturated rings. The van der Waals surface area contributed by atoms with Crippen molar-refractivity contribution in [1.29, 1.82) is 0 Å². The third-order valence-corrected chi connectivity index (χ3v) is 11.1. The Kier molecular flexibility index (Phi) is 5.86. The molecule has 0 aromatic heterocycles. The quantitative estimate of drug-likeness (QED) is 0.358. The van der Waals surface area contributed by atoms with Crippen molar-refractivity contribution in [2.75, 3.05) is 0 Å². The van der Waals surface area contributed by atoms with E-state index in [-0.39, 0.29) is 0 Å². The second-order valence-corrected chi connectivity index (χ2v) is 12.3. The zero-order chi connectivity index (χ0) is 20.9. The van der Waals surface area contributed by atoms with E-state index in [0.717, 1.165) is 0 Å². The van der Waals surface area contributed by atoms with E-state index in [9.17, 15) is 0 Å². The van der Waals surface area contributed by atoms with Gasteiger partial charge in [0.2, 0.25) is 0 Å². The van der Waals surface area contributed by atoms with Crippen LogP contribution in [0.25, 0.3) is 0 Å². The molecule has 0 saturated heterocycles. The van der Waals surface area contributed by atoms with Crippen LogP contribution in [0.4, 0.5) is 0 Å². The maximum Gasteiger partial charge on any atom is -0.0149 e. The van der Waals surface area contributed by atoms with Gasteiger partial charge in [-0.1, -0.05) is 142 Å². The van der Waals surface area contributed by atoms with Gasteiger partial charge < -0.3 is 0 Å². The summed E-state index contributed by atoms with van der Waals surface area (Å²) in [5.41, 5.74) is 0. The summed E-state index contributed by atoms with van der Waals surface area (Å²) in [5, 5.41) is 8.39. The van der Waals surface area contributed by atoms with Crippen LogP contribution in [0.15, 0.2) is 145 Å². The summed E-state index contributed by atoms with van der Waals surface area (Å²) in [7, 11) is 0.667. The molecule has 4 aromatic carbocycles. The number of hydrogen-bond donors (Lipinski definition) is 0. The van der Waals surface area contributed by atoms with E-state index < -0.39 is 6.89 Å². The van der Waals surface area contributed by atoms with Gasteiger partial charge in [0.15, 0.2) is 0 Å². The topological polar surface area (TPSA) is 0 Å². The van der Waals surface area contributed by atoms with Crippen LogP contribution in [0.1, 0.15) is 0 Å². The van der Waals surface area contributed by atoms with Gasteiger partial charge in [-0.05, 0) is 44.8 Å². The summed E-state index contributed by atoms with van der Waals surface area (Å²) in [5.74, 6) is 0. The number of hydrogen-bond acceptors (Lipinski definition) is 0. The number of rotatable bonds is 5. The molecule has 0 amide bonds. The van der Waals surface area contributed by atoms with Crippen LogP contribution >= 0.6 is 15.5 Å². The predicted molar refractivity (Wildman–Crippen MR) is 142 cm³/mol. The van der Waals surface area contributed by atoms with E-state index in [0.29, 0.717) is 8.58 Å². The second-order valence-electron chi connectivity index (χ2n) is 7.53. The van der Waals surface area contributed by atoms with Crippen molar-refractivity contribution in [3.05, 3.63) is 145 Å². The third-order valence-electron chi connectivity index (χ3n) is 5.62. The first-order valence-electron chi connectivity index (χ1n) is 10.5. The normalized spacial score (nSPS) is 13.7. The predicted octanol–water partition coefficient (Wildman–Crippen LogP) is 5.61. The Morgan fingerprint density at radius 3 is 1.32 bits per heavy atom. The molecule has 1 aliphatic carbocycles. The first-order chi connectivity index (χ1) is 15.4. The van der Waals surface area contributed by atoms with Crippen LogP contribution in [-0.4, -0.2) is 5.29 Å². The molecular weight excluding hydrogens is 410 g/mol. The molecule has 2 heteroatoms. The Balaban J connectivity index is 1.80. The van der Waals surface area contributed by atoms with Crippen LogP contribution in [0.5, 0.6) is 0 Å². The summed E-state index contributed by atoms with van der Waals surface area (Å²) in [6.45, 7) is -1.99. The average molecular weight is 434 g/mol. The van der Waals surface area contributed by atoms with Crippen molar-refractivity contribution in [2.45, 2.75) is 0 Å². The lowest BCUT2D eigenvalue weighted by Gasteiger charge is -2.30. The molecule has 5 rings (SSSR count). The van der Waals surface area contributed by atoms with Gasteiger partial charge >= 0.3 is 0 Å². The van der Waals surface area contributed by atoms with Gasteiger partial charge in [0.05, 0.1) is 0 Å². The first-order valence-corrected chi connectivity index (χ1v) is 13.3. The zero-order valence-electron chi connectivity index (χ0n) is 17.2. The summed E-state index contributed by atoms with van der Waals surface area (Å²) in [6.07, 6.45) is 7.14. The Labute approximate surface area is 186 Å². The molecule has 0 saturated carbocycles. The van der Waals surface area contributed by atoms with Gasteiger partial charge in [-0.25, -0.2) is 0 Å². The zero-order valence-corrected chi connectivity index (χ0v) is 19.1. The standard InChI is InChI=1S/C29H24P2/c1-5-13-24(14-6-1)30-25-21-22-29(23-25)31(26-15-7-2-8-16-26,27-17-9-3-10-18-27)28-19-11-4-12-20-28/h1-23,30H. The van der Waals surface area contributed by atoms with E-state index >= 15 is 0 Å². The summed E-state index contributed by atoms with van der Waals surface area (Å²) < 4.78 is 0. The van der Waals surface area contributed by atoms with Crippen LogP contribution in [0.2, 0.25) is 0 Å². The van der Waals surface area contributed by atoms with E-state index in [1.807, 2.05) is 0 Å². The number of allylic oxidation sites excluding steroid dienone is 4. The van der Waals surface area contributed by atoms with Gasteiger partial charge in [-0.3, -0.25) is 0 Å². The van der Waals surface area contributed by atoms with E-state index in [1.165, 1.54) is 31.8 Å². The van der Waals surface area contributed by atoms with Crippen LogP contribution in [0.3, 0.4) is 0 Å². The smallest absolute Gasteiger partial charge is 0.0149 e. The Hall–Kier alpha value is -2.91. The average Bonchev–Trinajstić information content (AvgIpc) is 3.31. The maximum atomic E-state index is 2.45. The lowest BCUT2D eigenvalue weighted by atomic mass is 10.4. The molecule has 1 unspecified atom stereocenters. The molecule has 0 radical (unpaired) electrons. The molecule has 31 heavy (non-hydrogen) atoms. The highest BCUT2D eigenvalue weighted by atomic mass is 31.2. The van der Waals surface area contributed by atoms with Gasteiger partial charge in [0.25, 0.3) is 0 Å². The molecular formula is C29H24P2. The molecule has 1 aliphatic rings. The molecule has 4 aromatic rings. The molecule has 0 aliphatic heterocycles. The minimum Gasteiger partial charge on any atom is -0.0622 e. The van der Waals surface area contributed by atoms with Crippen LogP contribution in [0, 0.1) is 0 Å². The second kappa shape index (κ2) is 9.07. The molecule has 1 atom stereocenters. The van der Waals surface area contributed by atoms with E-state index in [4.69, 9.17) is 0 Å². The minimum absolute atomic E-state index is 0.667. The van der Waals surface area contributed by atoms with Crippen molar-refractivity contribution in [2.24, 2.45) is 0 Å². The van der Waals surface area contributed by atoms with Crippen molar-refractivity contribution < 1.29 is 0 Å². The Bertz CT molecular complexity index is 1170. The molecule has 0 spiro atoms. The summed E-state index contributed by atoms with van der Waals surface area (Å²) in [6, 6.07) is 44.0. The molecule has 0 nitrogen and oxygen atoms in total. The summed E-state index contributed by atoms with van der Waals surface area (Å²) in [4.78, 5) is 0. The lowest BCUT2D eigenvalue weighted by molar-refractivity contribution is 1.73. The fraction of sp³-hybridized carbons (Fsp3) is 0. The van der Waals surface area contributed by atoms with Gasteiger partial charge in [0.1, 0.15) is 0 Å². The van der Waals surface area contributed by atoms with Crippen molar-refractivity contribution in [3.8, 4) is 0 Å². The highest BCUT2D eigenvalue weighted by molar-refractivity contribution is 7.96. The van der Waals surface area contributed by atoms with Gasteiger partial charge in [0, 0.05) is 0 Å². The molecule has 150 valence electrons. The molecule has 0 N–H and O–H groups in total. The van der Waals surface area contributed by atoms with E-state index in [2.05, 4.69) is 140 Å². The number of benzene rings is 4. The van der Waals surface area contributed by atoms with Crippen LogP contribution < -0.4 is 21.2 Å². The Morgan fingerprint density at radius 1 is 0.452 bits per heavy atom. The third kappa shape index (κ3) is 3.90. The SMILES string of the molecule is C1=CC(=P(c2ccccc2)(c2ccccc2)c2ccccc2)C=C1Pc1ccccc1. The highest BCUT2D eigenvalue weighted by Crippen LogP contribution is 2.48. The highest BCUT2D eigenvalue weighted by Gasteiger charge is 2.29. The Morgan fingerprint density at radius 2 is 0.871 bits per heavy atom. The maximum absolute atomic E-state index is 2.45. The van der Waals surface area contributed by atoms with E-state index in [1.54, 1.807) is 0 Å². The van der Waals surface area contributed by atoms with Gasteiger partial charge in [-0.15, -0.1) is 0 Å². The van der Waals surface area contributed by atoms with Crippen molar-refractivity contribution in [3.63, 3.8) is 0 Å². The lowest BCUT2D eigenvalue weighted by Crippen LogP contribution is -2.29. The summed E-state index contributed by atoms with van der Waals surface area (Å²) >= 11 is 0. The molecule has 0 bridgehead atoms. The van der Waals surface area contributed by atoms with Gasteiger partial charge in [-0.2, -0.15) is 0 Å². The molecule has 0 heterocycles. The minimum atomic E-state index is -1.99. The monoisotopic (exact) mass is 434 g/mol. The first kappa shape index (κ1) is 20.0. The van der Waals surface area contributed by atoms with Crippen molar-refractivity contribution >= 4 is 42.0 Å². The fourth-order valence-electron chi connectivity index (χ4n) is 4.25. The largest absolute Gasteiger partial charge is 0.0622 e. The van der Waals surface area contributed by atoms with Crippen LogP contribution in [-0.2, 0) is 0 Å². The fourth-order valence-corrected chi connectivity index (χ4v) is 9.74.